The van der Waals surface area contributed by atoms with Crippen molar-refractivity contribution in [2.75, 3.05) is 26.3 Å². The first-order valence-corrected chi connectivity index (χ1v) is 10.8. The Hall–Kier alpha value is -3.19. The van der Waals surface area contributed by atoms with Gasteiger partial charge in [-0.1, -0.05) is 35.5 Å². The van der Waals surface area contributed by atoms with Crippen LogP contribution >= 0.6 is 0 Å². The summed E-state index contributed by atoms with van der Waals surface area (Å²) >= 11 is 0. The van der Waals surface area contributed by atoms with Gasteiger partial charge in [0, 0.05) is 17.0 Å². The van der Waals surface area contributed by atoms with E-state index in [1.807, 2.05) is 48.5 Å². The Morgan fingerprint density at radius 3 is 2.55 bits per heavy atom. The van der Waals surface area contributed by atoms with Crippen molar-refractivity contribution in [1.82, 2.24) is 15.0 Å². The van der Waals surface area contributed by atoms with Crippen LogP contribution < -0.4 is 9.47 Å². The summed E-state index contributed by atoms with van der Waals surface area (Å²) < 4.78 is 16.7. The molecule has 5 rings (SSSR count). The van der Waals surface area contributed by atoms with Crippen LogP contribution in [0.1, 0.15) is 42.1 Å². The molecular weight excluding hydrogens is 394 g/mol. The number of piperidine rings is 1. The first-order valence-electron chi connectivity index (χ1n) is 10.8. The lowest BCUT2D eigenvalue weighted by Crippen LogP contribution is -2.38. The average Bonchev–Trinajstić information content (AvgIpc) is 3.34. The monoisotopic (exact) mass is 419 g/mol. The highest BCUT2D eigenvalue weighted by Gasteiger charge is 2.31. The lowest BCUT2D eigenvalue weighted by atomic mass is 9.88. The maximum Gasteiger partial charge on any atom is 0.244 e. The van der Waals surface area contributed by atoms with Gasteiger partial charge in [-0.05, 0) is 51.1 Å². The van der Waals surface area contributed by atoms with Crippen molar-refractivity contribution in [3.63, 3.8) is 0 Å². The van der Waals surface area contributed by atoms with Crippen LogP contribution in [0.5, 0.6) is 11.5 Å². The molecule has 0 amide bonds. The molecule has 2 aliphatic rings. The molecule has 0 saturated carbocycles. The molecule has 0 bridgehead atoms. The van der Waals surface area contributed by atoms with Gasteiger partial charge in [0.1, 0.15) is 13.2 Å². The fraction of sp³-hybridized carbons (Fsp3) is 0.375. The quantitative estimate of drug-likeness (QED) is 0.575. The van der Waals surface area contributed by atoms with Crippen LogP contribution in [0.25, 0.3) is 11.4 Å². The summed E-state index contributed by atoms with van der Waals surface area (Å²) in [5.41, 5.74) is 1.63. The van der Waals surface area contributed by atoms with Crippen molar-refractivity contribution in [3.8, 4) is 22.9 Å². The van der Waals surface area contributed by atoms with Crippen LogP contribution in [0.2, 0.25) is 0 Å². The van der Waals surface area contributed by atoms with Gasteiger partial charge >= 0.3 is 0 Å². The smallest absolute Gasteiger partial charge is 0.244 e. The zero-order valence-corrected chi connectivity index (χ0v) is 17.5. The molecule has 1 saturated heterocycles. The van der Waals surface area contributed by atoms with Crippen molar-refractivity contribution in [2.24, 2.45) is 5.92 Å². The summed E-state index contributed by atoms with van der Waals surface area (Å²) in [7, 11) is 0. The topological polar surface area (TPSA) is 77.7 Å². The van der Waals surface area contributed by atoms with E-state index in [0.29, 0.717) is 42.0 Å². The van der Waals surface area contributed by atoms with Crippen molar-refractivity contribution in [2.45, 2.75) is 25.8 Å². The molecule has 0 aliphatic carbocycles. The van der Waals surface area contributed by atoms with Crippen LogP contribution in [0.4, 0.5) is 0 Å². The van der Waals surface area contributed by atoms with Crippen LogP contribution in [-0.2, 0) is 0 Å². The second-order valence-electron chi connectivity index (χ2n) is 8.03. The van der Waals surface area contributed by atoms with Gasteiger partial charge in [-0.2, -0.15) is 4.98 Å². The van der Waals surface area contributed by atoms with E-state index in [-0.39, 0.29) is 17.7 Å². The van der Waals surface area contributed by atoms with Crippen molar-refractivity contribution in [3.05, 3.63) is 60.0 Å². The van der Waals surface area contributed by atoms with Gasteiger partial charge in [-0.25, -0.2) is 0 Å². The van der Waals surface area contributed by atoms with E-state index in [0.717, 1.165) is 31.5 Å². The Morgan fingerprint density at radius 1 is 1.03 bits per heavy atom. The normalized spacial score (nSPS) is 18.0. The van der Waals surface area contributed by atoms with Crippen LogP contribution in [0.15, 0.2) is 53.1 Å². The van der Waals surface area contributed by atoms with Gasteiger partial charge in [-0.15, -0.1) is 0 Å². The molecule has 1 unspecified atom stereocenters. The number of hydrogen-bond acceptors (Lipinski definition) is 7. The number of aromatic nitrogens is 2. The number of fused-ring (bicyclic) bond motifs is 1. The molecular formula is C24H25N3O4. The molecule has 0 spiro atoms. The number of Topliss-reactive ketones (excluding diaryl/α,β-unsaturated/α-hetero) is 1. The maximum atomic E-state index is 13.0. The molecule has 31 heavy (non-hydrogen) atoms. The number of rotatable bonds is 5. The first kappa shape index (κ1) is 19.8. The van der Waals surface area contributed by atoms with E-state index in [1.165, 1.54) is 0 Å². The average molecular weight is 419 g/mol. The Morgan fingerprint density at radius 2 is 1.77 bits per heavy atom. The highest BCUT2D eigenvalue weighted by atomic mass is 16.6. The molecule has 0 N–H and O–H groups in total. The van der Waals surface area contributed by atoms with Crippen LogP contribution in [0, 0.1) is 5.92 Å². The van der Waals surface area contributed by atoms with E-state index in [1.54, 1.807) is 0 Å². The van der Waals surface area contributed by atoms with E-state index >= 15 is 0 Å². The van der Waals surface area contributed by atoms with E-state index < -0.39 is 0 Å². The van der Waals surface area contributed by atoms with Crippen LogP contribution in [0.3, 0.4) is 0 Å². The largest absolute Gasteiger partial charge is 0.486 e. The number of ether oxygens (including phenoxy) is 2. The fourth-order valence-corrected chi connectivity index (χ4v) is 4.25. The molecule has 1 fully saturated rings. The molecule has 2 aliphatic heterocycles. The predicted molar refractivity (Wildman–Crippen MR) is 114 cm³/mol. The number of carbonyl (C=O) groups excluding carboxylic acids is 1. The van der Waals surface area contributed by atoms with Gasteiger partial charge in [0.25, 0.3) is 0 Å². The summed E-state index contributed by atoms with van der Waals surface area (Å²) in [6.07, 6.45) is 1.61. The number of carbonyl (C=O) groups is 1. The number of benzene rings is 2. The Bertz CT molecular complexity index is 1060. The Balaban J connectivity index is 1.21. The molecule has 1 atom stereocenters. The fourth-order valence-electron chi connectivity index (χ4n) is 4.25. The third kappa shape index (κ3) is 4.05. The van der Waals surface area contributed by atoms with Gasteiger partial charge in [0.2, 0.25) is 11.7 Å². The summed E-state index contributed by atoms with van der Waals surface area (Å²) in [6.45, 7) is 4.76. The third-order valence-corrected chi connectivity index (χ3v) is 6.11. The lowest BCUT2D eigenvalue weighted by Gasteiger charge is -2.34. The van der Waals surface area contributed by atoms with Crippen molar-refractivity contribution >= 4 is 5.78 Å². The number of ketones is 1. The molecule has 1 aromatic heterocycles. The zero-order chi connectivity index (χ0) is 21.2. The maximum absolute atomic E-state index is 13.0. The summed E-state index contributed by atoms with van der Waals surface area (Å²) in [5.74, 6) is 2.76. The molecule has 0 radical (unpaired) electrons. The number of hydrogen-bond donors (Lipinski definition) is 0. The molecule has 7 heteroatoms. The summed E-state index contributed by atoms with van der Waals surface area (Å²) in [6, 6.07) is 15.3. The standard InChI is InChI=1S/C24H25N3O4/c1-16(24-25-23(26-31-24)18-5-3-2-4-6-18)27-11-9-17(10-12-27)22(28)19-7-8-20-21(15-19)30-14-13-29-20/h2-8,15-17H,9-14H2,1H3. The van der Waals surface area contributed by atoms with Gasteiger partial charge in [-0.3, -0.25) is 9.69 Å². The second kappa shape index (κ2) is 8.51. The highest BCUT2D eigenvalue weighted by Crippen LogP contribution is 2.33. The van der Waals surface area contributed by atoms with Crippen molar-refractivity contribution < 1.29 is 18.8 Å². The van der Waals surface area contributed by atoms with Crippen molar-refractivity contribution in [1.29, 1.82) is 0 Å². The zero-order valence-electron chi connectivity index (χ0n) is 17.5. The molecule has 3 heterocycles. The predicted octanol–water partition coefficient (Wildman–Crippen LogP) is 4.16. The second-order valence-corrected chi connectivity index (χ2v) is 8.03. The minimum Gasteiger partial charge on any atom is -0.486 e. The molecule has 2 aromatic carbocycles. The Labute approximate surface area is 181 Å². The highest BCUT2D eigenvalue weighted by molar-refractivity contribution is 5.98. The number of nitrogens with zero attached hydrogens (tertiary/aromatic N) is 3. The van der Waals surface area contributed by atoms with E-state index in [2.05, 4.69) is 22.0 Å². The first-order chi connectivity index (χ1) is 15.2. The number of likely N-dealkylation sites (tertiary alicyclic amines) is 1. The molecule has 3 aromatic rings. The lowest BCUT2D eigenvalue weighted by molar-refractivity contribution is 0.0774. The van der Waals surface area contributed by atoms with Gasteiger partial charge in [0.05, 0.1) is 6.04 Å². The summed E-state index contributed by atoms with van der Waals surface area (Å²) in [4.78, 5) is 19.9. The summed E-state index contributed by atoms with van der Waals surface area (Å²) in [5, 5.41) is 4.13. The third-order valence-electron chi connectivity index (χ3n) is 6.11. The SMILES string of the molecule is CC(c1nc(-c2ccccc2)no1)N1CCC(C(=O)c2ccc3c(c2)OCCO3)CC1. The van der Waals surface area contributed by atoms with Crippen LogP contribution in [-0.4, -0.2) is 47.1 Å². The van der Waals surface area contributed by atoms with Gasteiger partial charge < -0.3 is 14.0 Å². The molecule has 7 nitrogen and oxygen atoms in total. The van der Waals surface area contributed by atoms with E-state index in [4.69, 9.17) is 14.0 Å². The Kier molecular flexibility index (Phi) is 5.42. The minimum absolute atomic E-state index is 0.00794. The minimum atomic E-state index is 0.00794. The van der Waals surface area contributed by atoms with E-state index in [9.17, 15) is 4.79 Å². The van der Waals surface area contributed by atoms with Gasteiger partial charge in [0.15, 0.2) is 17.3 Å². The molecule has 160 valence electrons.